The molecule has 1 rings (SSSR count). The van der Waals surface area contributed by atoms with Crippen LogP contribution < -0.4 is 5.32 Å². The van der Waals surface area contributed by atoms with E-state index in [1.54, 1.807) is 0 Å². The predicted molar refractivity (Wildman–Crippen MR) is 97.8 cm³/mol. The fourth-order valence-electron chi connectivity index (χ4n) is 2.76. The summed E-state index contributed by atoms with van der Waals surface area (Å²) >= 11 is 3.56. The van der Waals surface area contributed by atoms with E-state index in [1.807, 2.05) is 0 Å². The molecule has 21 heavy (non-hydrogen) atoms. The number of unbranched alkanes of at least 4 members (excludes halogenated alkanes) is 7. The molecule has 0 saturated heterocycles. The molecule has 1 nitrogen and oxygen atoms in total. The molecule has 0 spiro atoms. The molecular formula is C19H32BrN. The Morgan fingerprint density at radius 2 is 1.62 bits per heavy atom. The van der Waals surface area contributed by atoms with Crippen LogP contribution in [0.1, 0.15) is 83.2 Å². The average Bonchev–Trinajstić information content (AvgIpc) is 2.49. The Kier molecular flexibility index (Phi) is 10.9. The molecule has 0 amide bonds. The SMILES string of the molecule is CCCCCCCCCCNC(CC)c1cccc(Br)c1. The number of rotatable bonds is 12. The highest BCUT2D eigenvalue weighted by Crippen LogP contribution is 2.20. The van der Waals surface area contributed by atoms with Crippen LogP contribution in [0.4, 0.5) is 0 Å². The van der Waals surface area contributed by atoms with Gasteiger partial charge in [-0.05, 0) is 37.1 Å². The summed E-state index contributed by atoms with van der Waals surface area (Å²) in [5.74, 6) is 0. The first-order valence-electron chi connectivity index (χ1n) is 8.76. The average molecular weight is 354 g/mol. The Hall–Kier alpha value is -0.340. The number of nitrogens with one attached hydrogen (secondary N) is 1. The van der Waals surface area contributed by atoms with Crippen molar-refractivity contribution < 1.29 is 0 Å². The summed E-state index contributed by atoms with van der Waals surface area (Å²) in [5.41, 5.74) is 1.39. The van der Waals surface area contributed by atoms with Gasteiger partial charge < -0.3 is 5.32 Å². The van der Waals surface area contributed by atoms with Crippen molar-refractivity contribution in [2.24, 2.45) is 0 Å². The zero-order chi connectivity index (χ0) is 15.3. The Balaban J connectivity index is 2.10. The van der Waals surface area contributed by atoms with Crippen molar-refractivity contribution >= 4 is 15.9 Å². The lowest BCUT2D eigenvalue weighted by Gasteiger charge is -2.17. The Morgan fingerprint density at radius 3 is 2.24 bits per heavy atom. The molecule has 0 aliphatic carbocycles. The van der Waals surface area contributed by atoms with Gasteiger partial charge in [-0.3, -0.25) is 0 Å². The molecule has 0 bridgehead atoms. The topological polar surface area (TPSA) is 12.0 Å². The van der Waals surface area contributed by atoms with E-state index in [1.165, 1.54) is 61.4 Å². The lowest BCUT2D eigenvalue weighted by molar-refractivity contribution is 0.491. The molecular weight excluding hydrogens is 322 g/mol. The van der Waals surface area contributed by atoms with E-state index in [0.29, 0.717) is 6.04 Å². The van der Waals surface area contributed by atoms with Gasteiger partial charge in [-0.2, -0.15) is 0 Å². The Labute approximate surface area is 140 Å². The molecule has 1 atom stereocenters. The summed E-state index contributed by atoms with van der Waals surface area (Å²) in [5, 5.41) is 3.70. The van der Waals surface area contributed by atoms with Crippen molar-refractivity contribution in [3.8, 4) is 0 Å². The van der Waals surface area contributed by atoms with Gasteiger partial charge in [0.15, 0.2) is 0 Å². The lowest BCUT2D eigenvalue weighted by Crippen LogP contribution is -2.21. The lowest BCUT2D eigenvalue weighted by atomic mass is 10.0. The highest BCUT2D eigenvalue weighted by atomic mass is 79.9. The summed E-state index contributed by atoms with van der Waals surface area (Å²) in [6, 6.07) is 9.16. The molecule has 1 aromatic carbocycles. The van der Waals surface area contributed by atoms with Crippen LogP contribution in [0.15, 0.2) is 28.7 Å². The van der Waals surface area contributed by atoms with Crippen molar-refractivity contribution in [2.75, 3.05) is 6.54 Å². The smallest absolute Gasteiger partial charge is 0.0318 e. The molecule has 1 aromatic rings. The Morgan fingerprint density at radius 1 is 0.952 bits per heavy atom. The first-order valence-corrected chi connectivity index (χ1v) is 9.56. The van der Waals surface area contributed by atoms with E-state index in [4.69, 9.17) is 0 Å². The highest BCUT2D eigenvalue weighted by Gasteiger charge is 2.08. The summed E-state index contributed by atoms with van der Waals surface area (Å²) in [6.45, 7) is 5.67. The van der Waals surface area contributed by atoms with Crippen molar-refractivity contribution in [1.29, 1.82) is 0 Å². The van der Waals surface area contributed by atoms with Gasteiger partial charge in [-0.25, -0.2) is 0 Å². The fourth-order valence-corrected chi connectivity index (χ4v) is 3.17. The maximum absolute atomic E-state index is 3.70. The summed E-state index contributed by atoms with van der Waals surface area (Å²) in [6.07, 6.45) is 12.2. The standard InChI is InChI=1S/C19H32BrN/c1-3-5-6-7-8-9-10-11-15-21-19(4-2)17-13-12-14-18(20)16-17/h12-14,16,19,21H,3-11,15H2,1-2H3. The number of hydrogen-bond donors (Lipinski definition) is 1. The zero-order valence-corrected chi connectivity index (χ0v) is 15.4. The van der Waals surface area contributed by atoms with Crippen molar-refractivity contribution in [1.82, 2.24) is 5.32 Å². The normalized spacial score (nSPS) is 12.5. The maximum Gasteiger partial charge on any atom is 0.0318 e. The molecule has 0 aliphatic heterocycles. The van der Waals surface area contributed by atoms with E-state index in [-0.39, 0.29) is 0 Å². The third kappa shape index (κ3) is 8.63. The van der Waals surface area contributed by atoms with Crippen molar-refractivity contribution in [3.63, 3.8) is 0 Å². The van der Waals surface area contributed by atoms with Crippen molar-refractivity contribution in [2.45, 2.75) is 77.7 Å². The van der Waals surface area contributed by atoms with E-state index in [2.05, 4.69) is 59.4 Å². The van der Waals surface area contributed by atoms with Crippen LogP contribution in [0.25, 0.3) is 0 Å². The summed E-state index contributed by atoms with van der Waals surface area (Å²) in [4.78, 5) is 0. The second-order valence-electron chi connectivity index (χ2n) is 5.94. The molecule has 0 aromatic heterocycles. The predicted octanol–water partition coefficient (Wildman–Crippen LogP) is 6.63. The van der Waals surface area contributed by atoms with E-state index < -0.39 is 0 Å². The molecule has 2 heteroatoms. The second kappa shape index (κ2) is 12.2. The molecule has 0 heterocycles. The quantitative estimate of drug-likeness (QED) is 0.415. The van der Waals surface area contributed by atoms with Crippen LogP contribution in [0.5, 0.6) is 0 Å². The van der Waals surface area contributed by atoms with Gasteiger partial charge in [-0.1, -0.05) is 86.9 Å². The van der Waals surface area contributed by atoms with Crippen LogP contribution in [0.2, 0.25) is 0 Å². The van der Waals surface area contributed by atoms with Gasteiger partial charge in [0, 0.05) is 10.5 Å². The van der Waals surface area contributed by atoms with Crippen LogP contribution in [-0.4, -0.2) is 6.54 Å². The number of benzene rings is 1. The molecule has 1 N–H and O–H groups in total. The van der Waals surface area contributed by atoms with Crippen LogP contribution in [0.3, 0.4) is 0 Å². The van der Waals surface area contributed by atoms with Gasteiger partial charge in [0.2, 0.25) is 0 Å². The van der Waals surface area contributed by atoms with Gasteiger partial charge in [-0.15, -0.1) is 0 Å². The fraction of sp³-hybridized carbons (Fsp3) is 0.684. The van der Waals surface area contributed by atoms with Gasteiger partial charge in [0.25, 0.3) is 0 Å². The minimum absolute atomic E-state index is 0.493. The van der Waals surface area contributed by atoms with Gasteiger partial charge >= 0.3 is 0 Å². The summed E-state index contributed by atoms with van der Waals surface area (Å²) < 4.78 is 1.17. The molecule has 0 aliphatic rings. The van der Waals surface area contributed by atoms with E-state index in [0.717, 1.165) is 13.0 Å². The minimum atomic E-state index is 0.493. The first kappa shape index (κ1) is 18.7. The molecule has 1 unspecified atom stereocenters. The largest absolute Gasteiger partial charge is 0.310 e. The van der Waals surface area contributed by atoms with Crippen LogP contribution >= 0.6 is 15.9 Å². The van der Waals surface area contributed by atoms with Crippen molar-refractivity contribution in [3.05, 3.63) is 34.3 Å². The zero-order valence-electron chi connectivity index (χ0n) is 13.8. The summed E-state index contributed by atoms with van der Waals surface area (Å²) in [7, 11) is 0. The molecule has 0 saturated carbocycles. The monoisotopic (exact) mass is 353 g/mol. The number of halogens is 1. The van der Waals surface area contributed by atoms with Crippen LogP contribution in [0, 0.1) is 0 Å². The van der Waals surface area contributed by atoms with Gasteiger partial charge in [0.1, 0.15) is 0 Å². The third-order valence-corrected chi connectivity index (χ3v) is 4.57. The molecule has 120 valence electrons. The van der Waals surface area contributed by atoms with E-state index in [9.17, 15) is 0 Å². The van der Waals surface area contributed by atoms with Crippen LogP contribution in [-0.2, 0) is 0 Å². The highest BCUT2D eigenvalue weighted by molar-refractivity contribution is 9.10. The third-order valence-electron chi connectivity index (χ3n) is 4.08. The second-order valence-corrected chi connectivity index (χ2v) is 6.86. The molecule has 0 radical (unpaired) electrons. The first-order chi connectivity index (χ1) is 10.3. The molecule has 0 fully saturated rings. The minimum Gasteiger partial charge on any atom is -0.310 e. The number of hydrogen-bond acceptors (Lipinski definition) is 1. The Bertz CT molecular complexity index is 364. The van der Waals surface area contributed by atoms with E-state index >= 15 is 0 Å². The maximum atomic E-state index is 3.70. The van der Waals surface area contributed by atoms with Gasteiger partial charge in [0.05, 0.1) is 0 Å².